The fraction of sp³-hybridized carbons (Fsp3) is 0.259. The van der Waals surface area contributed by atoms with E-state index in [9.17, 15) is 9.59 Å². The van der Waals surface area contributed by atoms with Gasteiger partial charge in [-0.15, -0.1) is 0 Å². The number of aromatic carboxylic acids is 1. The molecule has 1 aliphatic carbocycles. The number of rotatable bonds is 8. The maximum absolute atomic E-state index is 12.8. The Kier molecular flexibility index (Phi) is 6.85. The summed E-state index contributed by atoms with van der Waals surface area (Å²) in [7, 11) is 0. The molecule has 0 heterocycles. The Bertz CT molecular complexity index is 1060. The zero-order valence-electron chi connectivity index (χ0n) is 17.9. The summed E-state index contributed by atoms with van der Waals surface area (Å²) in [5.41, 5.74) is 3.85. The molecule has 5 nitrogen and oxygen atoms in total. The van der Waals surface area contributed by atoms with Gasteiger partial charge >= 0.3 is 5.97 Å². The summed E-state index contributed by atoms with van der Waals surface area (Å²) >= 11 is 0. The van der Waals surface area contributed by atoms with Gasteiger partial charge in [0.25, 0.3) is 0 Å². The number of benzene rings is 3. The zero-order valence-corrected chi connectivity index (χ0v) is 17.9. The van der Waals surface area contributed by atoms with Gasteiger partial charge < -0.3 is 15.2 Å². The average Bonchev–Trinajstić information content (AvgIpc) is 2.84. The molecular formula is C27H27NO4. The van der Waals surface area contributed by atoms with Gasteiger partial charge in [-0.1, -0.05) is 54.6 Å². The summed E-state index contributed by atoms with van der Waals surface area (Å²) in [6.07, 6.45) is 2.96. The fourth-order valence-electron chi connectivity index (χ4n) is 4.19. The van der Waals surface area contributed by atoms with Gasteiger partial charge in [0.2, 0.25) is 5.91 Å². The first-order chi connectivity index (χ1) is 15.6. The van der Waals surface area contributed by atoms with E-state index in [0.717, 1.165) is 24.8 Å². The predicted molar refractivity (Wildman–Crippen MR) is 123 cm³/mol. The highest BCUT2D eigenvalue weighted by Gasteiger charge is 2.24. The Morgan fingerprint density at radius 1 is 0.938 bits per heavy atom. The van der Waals surface area contributed by atoms with E-state index in [1.165, 1.54) is 23.3 Å². The summed E-state index contributed by atoms with van der Waals surface area (Å²) in [5, 5.41) is 12.2. The zero-order chi connectivity index (χ0) is 22.3. The van der Waals surface area contributed by atoms with Crippen molar-refractivity contribution >= 4 is 11.9 Å². The van der Waals surface area contributed by atoms with Crippen molar-refractivity contribution in [3.63, 3.8) is 0 Å². The molecule has 0 saturated carbocycles. The minimum absolute atomic E-state index is 0.00422. The maximum atomic E-state index is 12.8. The minimum Gasteiger partial charge on any atom is -0.486 e. The van der Waals surface area contributed by atoms with E-state index >= 15 is 0 Å². The highest BCUT2D eigenvalue weighted by molar-refractivity contribution is 5.87. The monoisotopic (exact) mass is 429 g/mol. The van der Waals surface area contributed by atoms with Crippen molar-refractivity contribution in [1.82, 2.24) is 5.32 Å². The largest absolute Gasteiger partial charge is 0.486 e. The van der Waals surface area contributed by atoms with E-state index < -0.39 is 5.97 Å². The second-order valence-corrected chi connectivity index (χ2v) is 8.13. The van der Waals surface area contributed by atoms with Crippen molar-refractivity contribution in [2.75, 3.05) is 6.54 Å². The SMILES string of the molecule is O=C(O)c1ccc(OC(CCNC(=O)C2CCc3ccccc3C2)c2ccccc2)cc1. The van der Waals surface area contributed by atoms with Crippen LogP contribution in [0.5, 0.6) is 5.75 Å². The number of carboxylic acid groups (broad SMARTS) is 1. The second kappa shape index (κ2) is 10.1. The number of hydrogen-bond acceptors (Lipinski definition) is 3. The van der Waals surface area contributed by atoms with Crippen LogP contribution >= 0.6 is 0 Å². The third kappa shape index (κ3) is 5.35. The standard InChI is InChI=1S/C27H27NO4/c29-26(23-11-10-19-6-4-5-9-22(19)18-23)28-17-16-25(20-7-2-1-3-8-20)32-24-14-12-21(13-15-24)27(30)31/h1-9,12-15,23,25H,10-11,16-18H2,(H,28,29)(H,30,31). The molecule has 2 atom stereocenters. The molecule has 3 aromatic carbocycles. The molecule has 2 N–H and O–H groups in total. The number of carbonyl (C=O) groups is 2. The first kappa shape index (κ1) is 21.6. The van der Waals surface area contributed by atoms with Gasteiger partial charge in [0.05, 0.1) is 5.56 Å². The van der Waals surface area contributed by atoms with E-state index in [4.69, 9.17) is 9.84 Å². The van der Waals surface area contributed by atoms with Gasteiger partial charge in [-0.2, -0.15) is 0 Å². The number of ether oxygens (including phenoxy) is 1. The third-order valence-electron chi connectivity index (χ3n) is 5.97. The number of carbonyl (C=O) groups excluding carboxylic acids is 1. The molecule has 1 amide bonds. The molecule has 3 aromatic rings. The molecule has 0 fully saturated rings. The van der Waals surface area contributed by atoms with Gasteiger partial charge in [-0.3, -0.25) is 4.79 Å². The average molecular weight is 430 g/mol. The molecule has 2 unspecified atom stereocenters. The molecule has 0 aliphatic heterocycles. The van der Waals surface area contributed by atoms with Crippen LogP contribution in [-0.4, -0.2) is 23.5 Å². The highest BCUT2D eigenvalue weighted by atomic mass is 16.5. The summed E-state index contributed by atoms with van der Waals surface area (Å²) in [4.78, 5) is 23.9. The first-order valence-electron chi connectivity index (χ1n) is 11.0. The number of amides is 1. The molecule has 0 bridgehead atoms. The van der Waals surface area contributed by atoms with Gasteiger partial charge in [0, 0.05) is 18.9 Å². The molecule has 0 saturated heterocycles. The number of aryl methyl sites for hydroxylation is 1. The molecule has 5 heteroatoms. The van der Waals surface area contributed by atoms with Crippen LogP contribution < -0.4 is 10.1 Å². The minimum atomic E-state index is -0.968. The van der Waals surface area contributed by atoms with Crippen LogP contribution in [-0.2, 0) is 17.6 Å². The summed E-state index contributed by atoms with van der Waals surface area (Å²) in [6, 6.07) is 24.6. The molecule has 4 rings (SSSR count). The van der Waals surface area contributed by atoms with Crippen molar-refractivity contribution in [2.45, 2.75) is 31.8 Å². The Hall–Kier alpha value is -3.60. The predicted octanol–water partition coefficient (Wildman–Crippen LogP) is 4.82. The van der Waals surface area contributed by atoms with Crippen LogP contribution in [0, 0.1) is 5.92 Å². The van der Waals surface area contributed by atoms with Crippen LogP contribution in [0.15, 0.2) is 78.9 Å². The number of fused-ring (bicyclic) bond motifs is 1. The van der Waals surface area contributed by atoms with E-state index in [1.807, 2.05) is 36.4 Å². The smallest absolute Gasteiger partial charge is 0.335 e. The van der Waals surface area contributed by atoms with Crippen molar-refractivity contribution in [3.8, 4) is 5.75 Å². The number of carboxylic acids is 1. The number of nitrogens with one attached hydrogen (secondary N) is 1. The first-order valence-corrected chi connectivity index (χ1v) is 11.0. The molecule has 164 valence electrons. The highest BCUT2D eigenvalue weighted by Crippen LogP contribution is 2.27. The summed E-state index contributed by atoms with van der Waals surface area (Å²) in [5.74, 6) is -0.273. The Balaban J connectivity index is 1.36. The van der Waals surface area contributed by atoms with E-state index in [0.29, 0.717) is 18.7 Å². The van der Waals surface area contributed by atoms with Crippen LogP contribution in [0.3, 0.4) is 0 Å². The van der Waals surface area contributed by atoms with Crippen LogP contribution in [0.25, 0.3) is 0 Å². The molecule has 1 aliphatic rings. The van der Waals surface area contributed by atoms with E-state index in [1.54, 1.807) is 12.1 Å². The second-order valence-electron chi connectivity index (χ2n) is 8.13. The Morgan fingerprint density at radius 2 is 1.62 bits per heavy atom. The van der Waals surface area contributed by atoms with Crippen molar-refractivity contribution in [2.24, 2.45) is 5.92 Å². The fourth-order valence-corrected chi connectivity index (χ4v) is 4.19. The van der Waals surface area contributed by atoms with Crippen molar-refractivity contribution < 1.29 is 19.4 Å². The van der Waals surface area contributed by atoms with Gasteiger partial charge in [-0.05, 0) is 60.2 Å². The topological polar surface area (TPSA) is 75.6 Å². The van der Waals surface area contributed by atoms with Crippen molar-refractivity contribution in [1.29, 1.82) is 0 Å². The normalized spacial score (nSPS) is 15.9. The van der Waals surface area contributed by atoms with Gasteiger partial charge in [-0.25, -0.2) is 4.79 Å². The van der Waals surface area contributed by atoms with Gasteiger partial charge in [0.15, 0.2) is 0 Å². The van der Waals surface area contributed by atoms with E-state index in [-0.39, 0.29) is 23.5 Å². The summed E-state index contributed by atoms with van der Waals surface area (Å²) in [6.45, 7) is 0.504. The maximum Gasteiger partial charge on any atom is 0.335 e. The van der Waals surface area contributed by atoms with Gasteiger partial charge in [0.1, 0.15) is 11.9 Å². The molecule has 0 aromatic heterocycles. The lowest BCUT2D eigenvalue weighted by molar-refractivity contribution is -0.125. The lowest BCUT2D eigenvalue weighted by Crippen LogP contribution is -2.35. The van der Waals surface area contributed by atoms with Crippen LogP contribution in [0.4, 0.5) is 0 Å². The number of hydrogen-bond donors (Lipinski definition) is 2. The summed E-state index contributed by atoms with van der Waals surface area (Å²) < 4.78 is 6.16. The molecular weight excluding hydrogens is 402 g/mol. The lowest BCUT2D eigenvalue weighted by atomic mass is 9.83. The van der Waals surface area contributed by atoms with Crippen LogP contribution in [0.1, 0.15) is 46.0 Å². The molecule has 32 heavy (non-hydrogen) atoms. The quantitative estimate of drug-likeness (QED) is 0.539. The Morgan fingerprint density at radius 3 is 2.34 bits per heavy atom. The molecule has 0 radical (unpaired) electrons. The lowest BCUT2D eigenvalue weighted by Gasteiger charge is -2.24. The Labute approximate surface area is 188 Å². The van der Waals surface area contributed by atoms with E-state index in [2.05, 4.69) is 23.5 Å². The van der Waals surface area contributed by atoms with Crippen molar-refractivity contribution in [3.05, 3.63) is 101 Å². The molecule has 0 spiro atoms. The van der Waals surface area contributed by atoms with Crippen LogP contribution in [0.2, 0.25) is 0 Å². The third-order valence-corrected chi connectivity index (χ3v) is 5.97.